The van der Waals surface area contributed by atoms with Gasteiger partial charge in [-0.15, -0.1) is 0 Å². The lowest BCUT2D eigenvalue weighted by atomic mass is 10.1. The van der Waals surface area contributed by atoms with Crippen LogP contribution >= 0.6 is 0 Å². The van der Waals surface area contributed by atoms with Crippen molar-refractivity contribution in [3.8, 4) is 0 Å². The molecule has 124 valence electrons. The number of hydrogen-bond donors (Lipinski definition) is 0. The van der Waals surface area contributed by atoms with Gasteiger partial charge in [-0.2, -0.15) is 0 Å². The molecule has 0 amide bonds. The van der Waals surface area contributed by atoms with Crippen LogP contribution in [-0.2, 0) is 4.74 Å². The van der Waals surface area contributed by atoms with E-state index in [0.717, 1.165) is 25.2 Å². The van der Waals surface area contributed by atoms with Crippen LogP contribution < -0.4 is 0 Å². The zero-order valence-corrected chi connectivity index (χ0v) is 14.7. The SMILES string of the molecule is CCCCCCCCCCCCC1=NC(CC)C(CC)O1. The standard InChI is InChI=1S/C19H37NO/c1-4-7-8-9-10-11-12-13-14-15-16-19-20-17(5-2)18(6-3)21-19/h17-18H,4-16H2,1-3H3. The number of rotatable bonds is 13. The third-order valence-corrected chi connectivity index (χ3v) is 4.59. The lowest BCUT2D eigenvalue weighted by Crippen LogP contribution is -2.20. The average molecular weight is 296 g/mol. The van der Waals surface area contributed by atoms with Crippen molar-refractivity contribution in [1.29, 1.82) is 0 Å². The molecule has 0 fully saturated rings. The van der Waals surface area contributed by atoms with Crippen molar-refractivity contribution in [2.45, 2.75) is 116 Å². The fourth-order valence-electron chi connectivity index (χ4n) is 3.15. The van der Waals surface area contributed by atoms with Crippen LogP contribution in [0.5, 0.6) is 0 Å². The molecule has 0 saturated heterocycles. The second kappa shape index (κ2) is 12.1. The Morgan fingerprint density at radius 1 is 0.762 bits per heavy atom. The Morgan fingerprint density at radius 2 is 1.33 bits per heavy atom. The van der Waals surface area contributed by atoms with E-state index in [1.165, 1.54) is 64.2 Å². The van der Waals surface area contributed by atoms with Crippen LogP contribution in [0.3, 0.4) is 0 Å². The predicted molar refractivity (Wildman–Crippen MR) is 93.1 cm³/mol. The molecule has 1 aliphatic heterocycles. The molecule has 1 aliphatic rings. The number of hydrogen-bond acceptors (Lipinski definition) is 2. The van der Waals surface area contributed by atoms with Crippen LogP contribution in [0.4, 0.5) is 0 Å². The maximum absolute atomic E-state index is 5.95. The largest absolute Gasteiger partial charge is 0.475 e. The Balaban J connectivity index is 1.93. The van der Waals surface area contributed by atoms with Gasteiger partial charge in [0, 0.05) is 6.42 Å². The summed E-state index contributed by atoms with van der Waals surface area (Å²) in [4.78, 5) is 4.73. The van der Waals surface area contributed by atoms with Gasteiger partial charge in [-0.25, -0.2) is 4.99 Å². The highest BCUT2D eigenvalue weighted by Gasteiger charge is 2.27. The molecule has 0 spiro atoms. The number of ether oxygens (including phenoxy) is 1. The first kappa shape index (κ1) is 18.5. The Morgan fingerprint density at radius 3 is 1.81 bits per heavy atom. The molecule has 1 heterocycles. The van der Waals surface area contributed by atoms with E-state index >= 15 is 0 Å². The van der Waals surface area contributed by atoms with E-state index in [4.69, 9.17) is 9.73 Å². The molecular formula is C19H37NO. The fraction of sp³-hybridized carbons (Fsp3) is 0.947. The molecule has 2 heteroatoms. The summed E-state index contributed by atoms with van der Waals surface area (Å²) in [5.41, 5.74) is 0. The lowest BCUT2D eigenvalue weighted by molar-refractivity contribution is 0.180. The first-order valence-electron chi connectivity index (χ1n) is 9.55. The molecule has 0 aromatic rings. The van der Waals surface area contributed by atoms with Crippen molar-refractivity contribution in [2.75, 3.05) is 0 Å². The van der Waals surface area contributed by atoms with Gasteiger partial charge in [0.05, 0.1) is 6.04 Å². The number of aliphatic imine (C=N–C) groups is 1. The van der Waals surface area contributed by atoms with Crippen molar-refractivity contribution in [2.24, 2.45) is 4.99 Å². The van der Waals surface area contributed by atoms with Gasteiger partial charge in [0.1, 0.15) is 6.10 Å². The summed E-state index contributed by atoms with van der Waals surface area (Å²) in [6.07, 6.45) is 17.5. The summed E-state index contributed by atoms with van der Waals surface area (Å²) in [6, 6.07) is 0.424. The molecule has 0 N–H and O–H groups in total. The van der Waals surface area contributed by atoms with Gasteiger partial charge in [0.25, 0.3) is 0 Å². The highest BCUT2D eigenvalue weighted by Crippen LogP contribution is 2.22. The third-order valence-electron chi connectivity index (χ3n) is 4.59. The third kappa shape index (κ3) is 7.87. The van der Waals surface area contributed by atoms with Crippen molar-refractivity contribution < 1.29 is 4.74 Å². The van der Waals surface area contributed by atoms with Gasteiger partial charge in [0.15, 0.2) is 5.90 Å². The minimum atomic E-state index is 0.355. The predicted octanol–water partition coefficient (Wildman–Crippen LogP) is 6.28. The van der Waals surface area contributed by atoms with Crippen LogP contribution in [0, 0.1) is 0 Å². The molecular weight excluding hydrogens is 258 g/mol. The topological polar surface area (TPSA) is 21.6 Å². The van der Waals surface area contributed by atoms with Crippen LogP contribution in [0.15, 0.2) is 4.99 Å². The van der Waals surface area contributed by atoms with E-state index in [1.807, 2.05) is 0 Å². The Labute approximate surface area is 132 Å². The summed E-state index contributed by atoms with van der Waals surface area (Å²) >= 11 is 0. The Kier molecular flexibility index (Phi) is 10.6. The Hall–Kier alpha value is -0.530. The van der Waals surface area contributed by atoms with Crippen LogP contribution in [-0.4, -0.2) is 18.0 Å². The van der Waals surface area contributed by atoms with E-state index in [1.54, 1.807) is 0 Å². The normalized spacial score (nSPS) is 21.4. The molecule has 0 saturated carbocycles. The minimum Gasteiger partial charge on any atom is -0.475 e. The van der Waals surface area contributed by atoms with Crippen molar-refractivity contribution in [1.82, 2.24) is 0 Å². The van der Waals surface area contributed by atoms with Crippen LogP contribution in [0.25, 0.3) is 0 Å². The zero-order valence-electron chi connectivity index (χ0n) is 14.7. The van der Waals surface area contributed by atoms with Crippen molar-refractivity contribution in [3.05, 3.63) is 0 Å². The van der Waals surface area contributed by atoms with Gasteiger partial charge in [-0.05, 0) is 19.3 Å². The van der Waals surface area contributed by atoms with Crippen LogP contribution in [0.2, 0.25) is 0 Å². The van der Waals surface area contributed by atoms with E-state index in [9.17, 15) is 0 Å². The lowest BCUT2D eigenvalue weighted by Gasteiger charge is -2.13. The van der Waals surface area contributed by atoms with Crippen molar-refractivity contribution >= 4 is 5.90 Å². The Bertz CT molecular complexity index is 275. The second-order valence-electron chi connectivity index (χ2n) is 6.49. The first-order chi connectivity index (χ1) is 10.3. The minimum absolute atomic E-state index is 0.355. The second-order valence-corrected chi connectivity index (χ2v) is 6.49. The molecule has 0 aromatic carbocycles. The molecule has 2 nitrogen and oxygen atoms in total. The van der Waals surface area contributed by atoms with Crippen LogP contribution in [0.1, 0.15) is 104 Å². The molecule has 0 aliphatic carbocycles. The van der Waals surface area contributed by atoms with E-state index in [0.29, 0.717) is 12.1 Å². The molecule has 0 bridgehead atoms. The highest BCUT2D eigenvalue weighted by molar-refractivity contribution is 5.78. The average Bonchev–Trinajstić information content (AvgIpc) is 2.91. The summed E-state index contributed by atoms with van der Waals surface area (Å²) in [6.45, 7) is 6.69. The molecule has 0 radical (unpaired) electrons. The summed E-state index contributed by atoms with van der Waals surface area (Å²) in [7, 11) is 0. The quantitative estimate of drug-likeness (QED) is 0.366. The maximum atomic E-state index is 5.95. The molecule has 0 aromatic heterocycles. The smallest absolute Gasteiger partial charge is 0.184 e. The van der Waals surface area contributed by atoms with Gasteiger partial charge in [-0.1, -0.05) is 78.6 Å². The van der Waals surface area contributed by atoms with Gasteiger partial charge in [0.2, 0.25) is 0 Å². The molecule has 21 heavy (non-hydrogen) atoms. The maximum Gasteiger partial charge on any atom is 0.184 e. The van der Waals surface area contributed by atoms with Gasteiger partial charge < -0.3 is 4.74 Å². The fourth-order valence-corrected chi connectivity index (χ4v) is 3.15. The van der Waals surface area contributed by atoms with Gasteiger partial charge in [-0.3, -0.25) is 0 Å². The van der Waals surface area contributed by atoms with E-state index in [2.05, 4.69) is 20.8 Å². The number of nitrogens with zero attached hydrogens (tertiary/aromatic N) is 1. The monoisotopic (exact) mass is 295 g/mol. The molecule has 1 rings (SSSR count). The molecule has 2 atom stereocenters. The zero-order chi connectivity index (χ0) is 15.3. The molecule has 2 unspecified atom stereocenters. The van der Waals surface area contributed by atoms with Gasteiger partial charge >= 0.3 is 0 Å². The number of unbranched alkanes of at least 4 members (excludes halogenated alkanes) is 9. The summed E-state index contributed by atoms with van der Waals surface area (Å²) in [5, 5.41) is 0. The van der Waals surface area contributed by atoms with Crippen molar-refractivity contribution in [3.63, 3.8) is 0 Å². The van der Waals surface area contributed by atoms with E-state index in [-0.39, 0.29) is 0 Å². The first-order valence-corrected chi connectivity index (χ1v) is 9.55. The highest BCUT2D eigenvalue weighted by atomic mass is 16.5. The summed E-state index contributed by atoms with van der Waals surface area (Å²) in [5.74, 6) is 1.04. The summed E-state index contributed by atoms with van der Waals surface area (Å²) < 4.78 is 5.95. The van der Waals surface area contributed by atoms with E-state index < -0.39 is 0 Å².